The van der Waals surface area contributed by atoms with Gasteiger partial charge in [-0.05, 0) is 30.5 Å². The minimum atomic E-state index is 0.617. The Bertz CT molecular complexity index is 485. The quantitative estimate of drug-likeness (QED) is 0.542. The van der Waals surface area contributed by atoms with Gasteiger partial charge in [-0.2, -0.15) is 0 Å². The maximum absolute atomic E-state index is 5.61. The van der Waals surface area contributed by atoms with Gasteiger partial charge in [0.25, 0.3) is 0 Å². The van der Waals surface area contributed by atoms with Crippen LogP contribution in [-0.4, -0.2) is 33.3 Å². The van der Waals surface area contributed by atoms with E-state index in [-0.39, 0.29) is 0 Å². The lowest BCUT2D eigenvalue weighted by atomic mass is 10.0. The first-order valence-corrected chi connectivity index (χ1v) is 8.42. The summed E-state index contributed by atoms with van der Waals surface area (Å²) in [4.78, 5) is 4.27. The van der Waals surface area contributed by atoms with Gasteiger partial charge >= 0.3 is 0 Å². The summed E-state index contributed by atoms with van der Waals surface area (Å²) in [5.74, 6) is 3.03. The van der Waals surface area contributed by atoms with Crippen molar-refractivity contribution in [3.8, 4) is 11.5 Å². The third-order valence-corrected chi connectivity index (χ3v) is 3.92. The SMILES string of the molecule is CCOc1cc(CNC(=NC)NCC(CC)CC)ccc1OC. The Morgan fingerprint density at radius 2 is 1.87 bits per heavy atom. The number of nitrogens with one attached hydrogen (secondary N) is 2. The molecule has 0 aromatic heterocycles. The molecule has 2 N–H and O–H groups in total. The van der Waals surface area contributed by atoms with Gasteiger partial charge in [0, 0.05) is 20.1 Å². The molecule has 1 rings (SSSR count). The zero-order valence-electron chi connectivity index (χ0n) is 15.1. The second-order valence-electron chi connectivity index (χ2n) is 5.41. The van der Waals surface area contributed by atoms with E-state index in [0.717, 1.165) is 29.6 Å². The topological polar surface area (TPSA) is 54.9 Å². The summed E-state index contributed by atoms with van der Waals surface area (Å²) >= 11 is 0. The maximum Gasteiger partial charge on any atom is 0.191 e. The highest BCUT2D eigenvalue weighted by molar-refractivity contribution is 5.79. The summed E-state index contributed by atoms with van der Waals surface area (Å²) < 4.78 is 10.9. The second kappa shape index (κ2) is 10.8. The van der Waals surface area contributed by atoms with Crippen LogP contribution in [-0.2, 0) is 6.54 Å². The third-order valence-electron chi connectivity index (χ3n) is 3.92. The molecule has 130 valence electrons. The monoisotopic (exact) mass is 321 g/mol. The number of rotatable bonds is 9. The second-order valence-corrected chi connectivity index (χ2v) is 5.41. The van der Waals surface area contributed by atoms with Crippen LogP contribution in [0, 0.1) is 5.92 Å². The Kier molecular flexibility index (Phi) is 8.95. The molecule has 0 saturated heterocycles. The molecule has 0 unspecified atom stereocenters. The van der Waals surface area contributed by atoms with Crippen LogP contribution in [0.3, 0.4) is 0 Å². The minimum absolute atomic E-state index is 0.617. The van der Waals surface area contributed by atoms with Crippen LogP contribution in [0.4, 0.5) is 0 Å². The van der Waals surface area contributed by atoms with E-state index in [2.05, 4.69) is 29.5 Å². The van der Waals surface area contributed by atoms with Gasteiger partial charge in [0.2, 0.25) is 0 Å². The number of ether oxygens (including phenoxy) is 2. The van der Waals surface area contributed by atoms with Gasteiger partial charge in [0.1, 0.15) is 0 Å². The van der Waals surface area contributed by atoms with E-state index in [0.29, 0.717) is 19.1 Å². The Morgan fingerprint density at radius 1 is 1.13 bits per heavy atom. The van der Waals surface area contributed by atoms with Crippen LogP contribution >= 0.6 is 0 Å². The van der Waals surface area contributed by atoms with Crippen LogP contribution in [0.5, 0.6) is 11.5 Å². The number of hydrogen-bond acceptors (Lipinski definition) is 3. The Morgan fingerprint density at radius 3 is 2.43 bits per heavy atom. The molecular weight excluding hydrogens is 290 g/mol. The molecule has 0 aliphatic heterocycles. The summed E-state index contributed by atoms with van der Waals surface area (Å²) in [6, 6.07) is 5.97. The fourth-order valence-electron chi connectivity index (χ4n) is 2.32. The van der Waals surface area contributed by atoms with E-state index in [9.17, 15) is 0 Å². The van der Waals surface area contributed by atoms with Gasteiger partial charge in [-0.1, -0.05) is 32.8 Å². The van der Waals surface area contributed by atoms with Crippen LogP contribution in [0.2, 0.25) is 0 Å². The number of nitrogens with zero attached hydrogens (tertiary/aromatic N) is 1. The molecule has 0 atom stereocenters. The summed E-state index contributed by atoms with van der Waals surface area (Å²) in [6.45, 7) is 8.66. The fraction of sp³-hybridized carbons (Fsp3) is 0.611. The van der Waals surface area contributed by atoms with Gasteiger partial charge in [-0.25, -0.2) is 0 Å². The average molecular weight is 321 g/mol. The molecule has 0 aliphatic rings. The zero-order chi connectivity index (χ0) is 17.1. The fourth-order valence-corrected chi connectivity index (χ4v) is 2.32. The lowest BCUT2D eigenvalue weighted by Crippen LogP contribution is -2.39. The number of guanidine groups is 1. The molecule has 0 amide bonds. The largest absolute Gasteiger partial charge is 0.493 e. The van der Waals surface area contributed by atoms with Crippen molar-refractivity contribution in [1.82, 2.24) is 10.6 Å². The molecule has 23 heavy (non-hydrogen) atoms. The van der Waals surface area contributed by atoms with Crippen molar-refractivity contribution in [3.63, 3.8) is 0 Å². The van der Waals surface area contributed by atoms with Crippen molar-refractivity contribution in [2.45, 2.75) is 40.2 Å². The van der Waals surface area contributed by atoms with Crippen molar-refractivity contribution >= 4 is 5.96 Å². The van der Waals surface area contributed by atoms with Gasteiger partial charge in [0.05, 0.1) is 13.7 Å². The number of aliphatic imine (C=N–C) groups is 1. The molecule has 0 fully saturated rings. The van der Waals surface area contributed by atoms with Gasteiger partial charge < -0.3 is 20.1 Å². The molecule has 0 aliphatic carbocycles. The van der Waals surface area contributed by atoms with Crippen LogP contribution < -0.4 is 20.1 Å². The molecule has 1 aromatic rings. The standard InChI is InChI=1S/C18H31N3O2/c1-6-14(7-2)12-20-18(19-4)21-13-15-9-10-16(22-5)17(11-15)23-8-3/h9-11,14H,6-8,12-13H2,1-5H3,(H2,19,20,21). The third kappa shape index (κ3) is 6.38. The maximum atomic E-state index is 5.61. The Balaban J connectivity index is 2.60. The number of hydrogen-bond donors (Lipinski definition) is 2. The predicted octanol–water partition coefficient (Wildman–Crippen LogP) is 3.20. The highest BCUT2D eigenvalue weighted by Crippen LogP contribution is 2.27. The van der Waals surface area contributed by atoms with Crippen molar-refractivity contribution in [3.05, 3.63) is 23.8 Å². The van der Waals surface area contributed by atoms with Crippen molar-refractivity contribution in [2.24, 2.45) is 10.9 Å². The molecule has 0 saturated carbocycles. The van der Waals surface area contributed by atoms with Crippen LogP contribution in [0.1, 0.15) is 39.2 Å². The number of methoxy groups -OCH3 is 1. The van der Waals surface area contributed by atoms with E-state index >= 15 is 0 Å². The normalized spacial score (nSPS) is 11.5. The zero-order valence-corrected chi connectivity index (χ0v) is 15.1. The van der Waals surface area contributed by atoms with Crippen molar-refractivity contribution < 1.29 is 9.47 Å². The van der Waals surface area contributed by atoms with E-state index in [1.807, 2.05) is 25.1 Å². The number of benzene rings is 1. The highest BCUT2D eigenvalue weighted by atomic mass is 16.5. The van der Waals surface area contributed by atoms with E-state index in [1.54, 1.807) is 14.2 Å². The Hall–Kier alpha value is -1.91. The molecule has 0 radical (unpaired) electrons. The van der Waals surface area contributed by atoms with Crippen molar-refractivity contribution in [2.75, 3.05) is 27.3 Å². The lowest BCUT2D eigenvalue weighted by molar-refractivity contribution is 0.310. The molecule has 1 aromatic carbocycles. The summed E-state index contributed by atoms with van der Waals surface area (Å²) in [5, 5.41) is 6.73. The van der Waals surface area contributed by atoms with E-state index in [1.165, 1.54) is 12.8 Å². The van der Waals surface area contributed by atoms with Gasteiger partial charge in [-0.15, -0.1) is 0 Å². The molecule has 0 heterocycles. The predicted molar refractivity (Wildman–Crippen MR) is 96.4 cm³/mol. The average Bonchev–Trinajstić information content (AvgIpc) is 2.58. The smallest absolute Gasteiger partial charge is 0.191 e. The lowest BCUT2D eigenvalue weighted by Gasteiger charge is -2.17. The molecule has 0 bridgehead atoms. The van der Waals surface area contributed by atoms with Crippen LogP contribution in [0.25, 0.3) is 0 Å². The summed E-state index contributed by atoms with van der Waals surface area (Å²) in [7, 11) is 3.45. The minimum Gasteiger partial charge on any atom is -0.493 e. The molecular formula is C18H31N3O2. The first kappa shape index (κ1) is 19.1. The highest BCUT2D eigenvalue weighted by Gasteiger charge is 2.07. The Labute approximate surface area is 140 Å². The first-order chi connectivity index (χ1) is 11.2. The summed E-state index contributed by atoms with van der Waals surface area (Å²) in [5.41, 5.74) is 1.12. The molecule has 5 nitrogen and oxygen atoms in total. The van der Waals surface area contributed by atoms with E-state index < -0.39 is 0 Å². The van der Waals surface area contributed by atoms with Gasteiger partial charge in [0.15, 0.2) is 17.5 Å². The van der Waals surface area contributed by atoms with Gasteiger partial charge in [-0.3, -0.25) is 4.99 Å². The van der Waals surface area contributed by atoms with Crippen molar-refractivity contribution in [1.29, 1.82) is 0 Å². The molecule has 5 heteroatoms. The van der Waals surface area contributed by atoms with E-state index in [4.69, 9.17) is 9.47 Å². The summed E-state index contributed by atoms with van der Waals surface area (Å²) in [6.07, 6.45) is 2.35. The first-order valence-electron chi connectivity index (χ1n) is 8.42. The van der Waals surface area contributed by atoms with Crippen LogP contribution in [0.15, 0.2) is 23.2 Å². The molecule has 0 spiro atoms.